The van der Waals surface area contributed by atoms with Crippen LogP contribution in [0.25, 0.3) is 11.1 Å². The van der Waals surface area contributed by atoms with Gasteiger partial charge in [-0.2, -0.15) is 0 Å². The normalized spacial score (nSPS) is 20.2. The van der Waals surface area contributed by atoms with Crippen LogP contribution in [0.3, 0.4) is 0 Å². The van der Waals surface area contributed by atoms with E-state index in [1.165, 1.54) is 12.8 Å². The maximum absolute atomic E-state index is 15.2. The van der Waals surface area contributed by atoms with Crippen molar-refractivity contribution in [3.05, 3.63) is 76.1 Å². The van der Waals surface area contributed by atoms with E-state index in [0.29, 0.717) is 36.2 Å². The van der Waals surface area contributed by atoms with Crippen molar-refractivity contribution >= 4 is 5.97 Å². The van der Waals surface area contributed by atoms with Crippen LogP contribution in [0.2, 0.25) is 0 Å². The molecule has 38 heavy (non-hydrogen) atoms. The van der Waals surface area contributed by atoms with E-state index in [9.17, 15) is 4.79 Å². The van der Waals surface area contributed by atoms with Gasteiger partial charge >= 0.3 is 5.97 Å². The number of carboxylic acids is 1. The van der Waals surface area contributed by atoms with Crippen molar-refractivity contribution in [1.82, 2.24) is 0 Å². The third kappa shape index (κ3) is 4.61. The Hall–Kier alpha value is -3.54. The van der Waals surface area contributed by atoms with Crippen LogP contribution in [-0.2, 0) is 11.2 Å². The maximum Gasteiger partial charge on any atom is 0.304 e. The molecule has 0 aromatic heterocycles. The van der Waals surface area contributed by atoms with E-state index >= 15 is 4.39 Å². The number of ether oxygens (including phenoxy) is 3. The van der Waals surface area contributed by atoms with Crippen molar-refractivity contribution in [2.24, 2.45) is 0 Å². The van der Waals surface area contributed by atoms with Crippen LogP contribution in [0.1, 0.15) is 78.4 Å². The number of benzene rings is 3. The summed E-state index contributed by atoms with van der Waals surface area (Å²) in [7, 11) is 0. The lowest BCUT2D eigenvalue weighted by molar-refractivity contribution is -0.137. The predicted molar refractivity (Wildman–Crippen MR) is 143 cm³/mol. The zero-order valence-corrected chi connectivity index (χ0v) is 21.9. The molecule has 6 heteroatoms. The van der Waals surface area contributed by atoms with Gasteiger partial charge in [0.25, 0.3) is 0 Å². The van der Waals surface area contributed by atoms with Crippen LogP contribution in [-0.4, -0.2) is 23.8 Å². The Morgan fingerprint density at radius 1 is 1.00 bits per heavy atom. The second-order valence-corrected chi connectivity index (χ2v) is 10.9. The molecule has 2 aliphatic carbocycles. The SMILES string of the molecule is Cc1cc(OC2CCCC2)cc(C)c1-c1ccc(F)c2c1CC[C@H]2Oc1ccc2c(c1)OC[C@H]2CC(=O)O. The van der Waals surface area contributed by atoms with Gasteiger partial charge in [-0.05, 0) is 104 Å². The van der Waals surface area contributed by atoms with E-state index in [1.807, 2.05) is 18.2 Å². The average Bonchev–Trinajstić information content (AvgIpc) is 3.61. The molecular formula is C32H33FO5. The average molecular weight is 517 g/mol. The minimum absolute atomic E-state index is 0.0315. The molecule has 0 saturated heterocycles. The third-order valence-electron chi connectivity index (χ3n) is 8.23. The van der Waals surface area contributed by atoms with E-state index in [4.69, 9.17) is 19.3 Å². The van der Waals surface area contributed by atoms with Crippen LogP contribution >= 0.6 is 0 Å². The zero-order valence-electron chi connectivity index (χ0n) is 21.9. The van der Waals surface area contributed by atoms with Crippen molar-refractivity contribution in [2.75, 3.05) is 6.61 Å². The van der Waals surface area contributed by atoms with Crippen molar-refractivity contribution in [3.8, 4) is 28.4 Å². The number of halogens is 1. The van der Waals surface area contributed by atoms with Crippen LogP contribution in [0.15, 0.2) is 42.5 Å². The van der Waals surface area contributed by atoms with E-state index in [2.05, 4.69) is 26.0 Å². The third-order valence-corrected chi connectivity index (χ3v) is 8.23. The van der Waals surface area contributed by atoms with E-state index in [-0.39, 0.29) is 18.2 Å². The van der Waals surface area contributed by atoms with E-state index < -0.39 is 12.1 Å². The Bertz CT molecular complexity index is 1370. The minimum Gasteiger partial charge on any atom is -0.492 e. The highest BCUT2D eigenvalue weighted by Gasteiger charge is 2.32. The van der Waals surface area contributed by atoms with Gasteiger partial charge in [0.05, 0.1) is 19.1 Å². The Balaban J connectivity index is 1.27. The molecule has 3 aromatic rings. The van der Waals surface area contributed by atoms with E-state index in [0.717, 1.165) is 58.4 Å². The summed E-state index contributed by atoms with van der Waals surface area (Å²) >= 11 is 0. The topological polar surface area (TPSA) is 65.0 Å². The molecule has 0 unspecified atom stereocenters. The number of carbonyl (C=O) groups is 1. The highest BCUT2D eigenvalue weighted by molar-refractivity contribution is 5.76. The minimum atomic E-state index is -0.845. The van der Waals surface area contributed by atoms with Crippen molar-refractivity contribution in [1.29, 1.82) is 0 Å². The molecule has 1 fully saturated rings. The first-order valence-corrected chi connectivity index (χ1v) is 13.6. The number of hydrogen-bond donors (Lipinski definition) is 1. The molecule has 198 valence electrons. The summed E-state index contributed by atoms with van der Waals surface area (Å²) < 4.78 is 33.6. The molecule has 0 bridgehead atoms. The number of aliphatic carboxylic acids is 1. The van der Waals surface area contributed by atoms with Gasteiger partial charge in [0.2, 0.25) is 0 Å². The Kier molecular flexibility index (Phi) is 6.50. The summed E-state index contributed by atoms with van der Waals surface area (Å²) in [6, 6.07) is 13.2. The van der Waals surface area contributed by atoms with Crippen LogP contribution in [0.4, 0.5) is 4.39 Å². The maximum atomic E-state index is 15.2. The summed E-state index contributed by atoms with van der Waals surface area (Å²) in [5, 5.41) is 9.15. The quantitative estimate of drug-likeness (QED) is 0.353. The Morgan fingerprint density at radius 2 is 1.76 bits per heavy atom. The van der Waals surface area contributed by atoms with Gasteiger partial charge in [0, 0.05) is 23.1 Å². The molecule has 0 radical (unpaired) electrons. The van der Waals surface area contributed by atoms with E-state index in [1.54, 1.807) is 12.1 Å². The fraction of sp³-hybridized carbons (Fsp3) is 0.406. The molecule has 5 nitrogen and oxygen atoms in total. The van der Waals surface area contributed by atoms with Crippen LogP contribution < -0.4 is 14.2 Å². The molecule has 1 heterocycles. The monoisotopic (exact) mass is 516 g/mol. The second-order valence-electron chi connectivity index (χ2n) is 10.9. The van der Waals surface area contributed by atoms with Gasteiger partial charge in [-0.3, -0.25) is 4.79 Å². The number of rotatable bonds is 7. The molecule has 0 amide bonds. The summed E-state index contributed by atoms with van der Waals surface area (Å²) in [5.74, 6) is 0.907. The van der Waals surface area contributed by atoms with Gasteiger partial charge in [-0.25, -0.2) is 4.39 Å². The van der Waals surface area contributed by atoms with Crippen LogP contribution in [0.5, 0.6) is 17.2 Å². The molecule has 0 spiro atoms. The van der Waals surface area contributed by atoms with Crippen molar-refractivity contribution in [2.45, 2.75) is 76.9 Å². The predicted octanol–water partition coefficient (Wildman–Crippen LogP) is 7.45. The second kappa shape index (κ2) is 9.97. The van der Waals surface area contributed by atoms with Gasteiger partial charge in [-0.15, -0.1) is 0 Å². The molecular weight excluding hydrogens is 483 g/mol. The Labute approximate surface area is 222 Å². The molecule has 1 saturated carbocycles. The summed E-state index contributed by atoms with van der Waals surface area (Å²) in [6.45, 7) is 4.55. The number of carboxylic acid groups (broad SMARTS) is 1. The van der Waals surface area contributed by atoms with Gasteiger partial charge in [0.1, 0.15) is 29.2 Å². The summed E-state index contributed by atoms with van der Waals surface area (Å²) in [5.41, 5.74) is 6.96. The largest absolute Gasteiger partial charge is 0.492 e. The van der Waals surface area contributed by atoms with Crippen molar-refractivity contribution < 1.29 is 28.5 Å². The first kappa shape index (κ1) is 24.8. The fourth-order valence-corrected chi connectivity index (χ4v) is 6.52. The van der Waals surface area contributed by atoms with Crippen molar-refractivity contribution in [3.63, 3.8) is 0 Å². The standard InChI is InChI=1S/C32H33FO5/c1-18-13-23(37-21-5-3-4-6-21)14-19(2)31(18)25-9-11-27(33)32-26(25)10-12-28(32)38-22-7-8-24-20(15-30(34)35)17-36-29(24)16-22/h7-9,11,13-14,16,20-21,28H,3-6,10,12,15,17H2,1-2H3,(H,34,35)/t20-,28-/m1/s1. The summed E-state index contributed by atoms with van der Waals surface area (Å²) in [4.78, 5) is 11.1. The first-order chi connectivity index (χ1) is 18.4. The first-order valence-electron chi connectivity index (χ1n) is 13.6. The van der Waals surface area contributed by atoms with Gasteiger partial charge in [0.15, 0.2) is 0 Å². The lowest BCUT2D eigenvalue weighted by atomic mass is 9.90. The van der Waals surface area contributed by atoms with Gasteiger partial charge < -0.3 is 19.3 Å². The number of aryl methyl sites for hydroxylation is 2. The van der Waals surface area contributed by atoms with Gasteiger partial charge in [-0.1, -0.05) is 12.1 Å². The highest BCUT2D eigenvalue weighted by Crippen LogP contribution is 2.45. The molecule has 1 aliphatic heterocycles. The molecule has 3 aliphatic rings. The number of fused-ring (bicyclic) bond motifs is 2. The molecule has 6 rings (SSSR count). The molecule has 1 N–H and O–H groups in total. The molecule has 2 atom stereocenters. The smallest absolute Gasteiger partial charge is 0.304 e. The molecule has 3 aromatic carbocycles. The Morgan fingerprint density at radius 3 is 2.50 bits per heavy atom. The number of hydrogen-bond acceptors (Lipinski definition) is 4. The fourth-order valence-electron chi connectivity index (χ4n) is 6.52. The lowest BCUT2D eigenvalue weighted by Gasteiger charge is -2.20. The highest BCUT2D eigenvalue weighted by atomic mass is 19.1. The lowest BCUT2D eigenvalue weighted by Crippen LogP contribution is -2.11. The van der Waals surface area contributed by atoms with Crippen LogP contribution in [0, 0.1) is 19.7 Å². The summed E-state index contributed by atoms with van der Waals surface area (Å²) in [6.07, 6.45) is 6.05. The zero-order chi connectivity index (χ0) is 26.4.